The molecule has 1 aromatic heterocycles. The van der Waals surface area contributed by atoms with Gasteiger partial charge in [-0.3, -0.25) is 14.6 Å². The molecule has 2 aromatic carbocycles. The fourth-order valence-corrected chi connectivity index (χ4v) is 4.01. The number of nitrogens with zero attached hydrogens (tertiary/aromatic N) is 3. The van der Waals surface area contributed by atoms with Crippen LogP contribution >= 0.6 is 11.6 Å². The number of piperazine rings is 1. The molecule has 4 rings (SSSR count). The molecule has 1 fully saturated rings. The van der Waals surface area contributed by atoms with Gasteiger partial charge in [0, 0.05) is 43.8 Å². The van der Waals surface area contributed by atoms with E-state index in [1.54, 1.807) is 26.4 Å². The smallest absolute Gasteiger partial charge is 0.258 e. The van der Waals surface area contributed by atoms with Gasteiger partial charge >= 0.3 is 0 Å². The first-order chi connectivity index (χ1) is 14.6. The van der Waals surface area contributed by atoms with Crippen molar-refractivity contribution in [3.63, 3.8) is 0 Å². The molecule has 8 heteroatoms. The standard InChI is InChI=1S/C22H25ClN4O3/c1-29-19-11-17-18(12-20(19)30-2)24-21(25-22(17)28)14-27-8-6-26(7-9-27)13-15-4-3-5-16(23)10-15/h3-5,10-12H,6-9,13-14H2,1-2H3,(H,24,25,28). The molecule has 0 unspecified atom stereocenters. The number of H-pyrrole nitrogens is 1. The van der Waals surface area contributed by atoms with Crippen molar-refractivity contribution in [1.29, 1.82) is 0 Å². The number of fused-ring (bicyclic) bond motifs is 1. The molecule has 0 spiro atoms. The zero-order valence-electron chi connectivity index (χ0n) is 17.2. The normalized spacial score (nSPS) is 15.4. The van der Waals surface area contributed by atoms with Crippen LogP contribution in [0, 0.1) is 0 Å². The lowest BCUT2D eigenvalue weighted by atomic mass is 10.2. The predicted octanol–water partition coefficient (Wildman–Crippen LogP) is 2.91. The molecule has 7 nitrogen and oxygen atoms in total. The van der Waals surface area contributed by atoms with E-state index in [9.17, 15) is 4.79 Å². The third-order valence-corrected chi connectivity index (χ3v) is 5.63. The fraction of sp³-hybridized carbons (Fsp3) is 0.364. The van der Waals surface area contributed by atoms with Gasteiger partial charge in [0.2, 0.25) is 0 Å². The number of methoxy groups -OCH3 is 2. The molecule has 3 aromatic rings. The molecule has 2 heterocycles. The van der Waals surface area contributed by atoms with Crippen molar-refractivity contribution >= 4 is 22.5 Å². The van der Waals surface area contributed by atoms with Gasteiger partial charge in [0.05, 0.1) is 31.7 Å². The van der Waals surface area contributed by atoms with Gasteiger partial charge in [-0.2, -0.15) is 0 Å². The average Bonchev–Trinajstić information content (AvgIpc) is 2.74. The van der Waals surface area contributed by atoms with Crippen molar-refractivity contribution in [2.75, 3.05) is 40.4 Å². The molecule has 1 saturated heterocycles. The first-order valence-corrected chi connectivity index (χ1v) is 10.3. The zero-order valence-corrected chi connectivity index (χ0v) is 17.9. The minimum absolute atomic E-state index is 0.171. The molecule has 1 N–H and O–H groups in total. The second kappa shape index (κ2) is 9.04. The van der Waals surface area contributed by atoms with Gasteiger partial charge < -0.3 is 14.5 Å². The van der Waals surface area contributed by atoms with Crippen LogP contribution in [-0.2, 0) is 13.1 Å². The number of hydrogen-bond acceptors (Lipinski definition) is 6. The van der Waals surface area contributed by atoms with E-state index in [0.717, 1.165) is 37.7 Å². The van der Waals surface area contributed by atoms with Crippen molar-refractivity contribution in [2.24, 2.45) is 0 Å². The zero-order chi connectivity index (χ0) is 21.1. The van der Waals surface area contributed by atoms with Crippen LogP contribution in [0.15, 0.2) is 41.2 Å². The molecule has 0 saturated carbocycles. The van der Waals surface area contributed by atoms with E-state index < -0.39 is 0 Å². The Kier molecular flexibility index (Phi) is 6.22. The summed E-state index contributed by atoms with van der Waals surface area (Å²) in [5.41, 5.74) is 1.65. The summed E-state index contributed by atoms with van der Waals surface area (Å²) in [4.78, 5) is 24.8. The minimum atomic E-state index is -0.171. The van der Waals surface area contributed by atoms with Gasteiger partial charge in [0.15, 0.2) is 11.5 Å². The molecule has 0 bridgehead atoms. The maximum Gasteiger partial charge on any atom is 0.258 e. The van der Waals surface area contributed by atoms with Crippen molar-refractivity contribution in [3.05, 3.63) is 63.2 Å². The molecule has 158 valence electrons. The monoisotopic (exact) mass is 428 g/mol. The largest absolute Gasteiger partial charge is 0.493 e. The van der Waals surface area contributed by atoms with Crippen LogP contribution < -0.4 is 15.0 Å². The lowest BCUT2D eigenvalue weighted by Crippen LogP contribution is -2.45. The van der Waals surface area contributed by atoms with Crippen LogP contribution in [0.1, 0.15) is 11.4 Å². The Balaban J connectivity index is 1.43. The first-order valence-electron chi connectivity index (χ1n) is 9.90. The van der Waals surface area contributed by atoms with E-state index in [1.165, 1.54) is 5.56 Å². The number of nitrogens with one attached hydrogen (secondary N) is 1. The Hall–Kier alpha value is -2.61. The highest BCUT2D eigenvalue weighted by Crippen LogP contribution is 2.30. The number of aromatic nitrogens is 2. The van der Waals surface area contributed by atoms with Crippen LogP contribution in [0.4, 0.5) is 0 Å². The highest BCUT2D eigenvalue weighted by molar-refractivity contribution is 6.30. The van der Waals surface area contributed by atoms with Gasteiger partial charge in [-0.25, -0.2) is 4.98 Å². The van der Waals surface area contributed by atoms with Gasteiger partial charge in [0.1, 0.15) is 5.82 Å². The van der Waals surface area contributed by atoms with Crippen LogP contribution in [0.5, 0.6) is 11.5 Å². The second-order valence-electron chi connectivity index (χ2n) is 7.42. The maximum absolute atomic E-state index is 12.6. The van der Waals surface area contributed by atoms with Crippen LogP contribution in [0.3, 0.4) is 0 Å². The van der Waals surface area contributed by atoms with Crippen molar-refractivity contribution < 1.29 is 9.47 Å². The molecule has 0 aliphatic carbocycles. The Bertz CT molecular complexity index is 1090. The molecule has 0 atom stereocenters. The average molecular weight is 429 g/mol. The number of rotatable bonds is 6. The summed E-state index contributed by atoms with van der Waals surface area (Å²) < 4.78 is 10.6. The van der Waals surface area contributed by atoms with Crippen LogP contribution in [0.2, 0.25) is 5.02 Å². The maximum atomic E-state index is 12.6. The van der Waals surface area contributed by atoms with E-state index in [0.29, 0.717) is 34.8 Å². The Morgan fingerprint density at radius 2 is 1.67 bits per heavy atom. The third kappa shape index (κ3) is 4.59. The summed E-state index contributed by atoms with van der Waals surface area (Å²) >= 11 is 6.09. The summed E-state index contributed by atoms with van der Waals surface area (Å²) in [5.74, 6) is 1.73. The van der Waals surface area contributed by atoms with E-state index in [4.69, 9.17) is 21.1 Å². The fourth-order valence-electron chi connectivity index (χ4n) is 3.80. The first kappa shape index (κ1) is 20.7. The van der Waals surface area contributed by atoms with Crippen LogP contribution in [0.25, 0.3) is 10.9 Å². The number of hydrogen-bond donors (Lipinski definition) is 1. The quantitative estimate of drug-likeness (QED) is 0.651. The summed E-state index contributed by atoms with van der Waals surface area (Å²) in [6.07, 6.45) is 0. The Morgan fingerprint density at radius 1 is 1.00 bits per heavy atom. The highest BCUT2D eigenvalue weighted by Gasteiger charge is 2.19. The lowest BCUT2D eigenvalue weighted by molar-refractivity contribution is 0.120. The summed E-state index contributed by atoms with van der Waals surface area (Å²) in [5, 5.41) is 1.26. The predicted molar refractivity (Wildman–Crippen MR) is 117 cm³/mol. The molecule has 1 aliphatic heterocycles. The SMILES string of the molecule is COc1cc2nc(CN3CCN(Cc4cccc(Cl)c4)CC3)[nH]c(=O)c2cc1OC. The van der Waals surface area contributed by atoms with Gasteiger partial charge in [-0.15, -0.1) is 0 Å². The number of aromatic amines is 1. The van der Waals surface area contributed by atoms with Crippen molar-refractivity contribution in [2.45, 2.75) is 13.1 Å². The number of halogens is 1. The van der Waals surface area contributed by atoms with Gasteiger partial charge in [-0.1, -0.05) is 23.7 Å². The molecule has 0 radical (unpaired) electrons. The van der Waals surface area contributed by atoms with E-state index in [1.807, 2.05) is 18.2 Å². The molecule has 0 amide bonds. The van der Waals surface area contributed by atoms with E-state index in [2.05, 4.69) is 25.8 Å². The summed E-state index contributed by atoms with van der Waals surface area (Å²) in [6.45, 7) is 5.22. The molecular formula is C22H25ClN4O3. The number of benzene rings is 2. The van der Waals surface area contributed by atoms with Crippen LogP contribution in [-0.4, -0.2) is 60.2 Å². The van der Waals surface area contributed by atoms with Crippen molar-refractivity contribution in [1.82, 2.24) is 19.8 Å². The third-order valence-electron chi connectivity index (χ3n) is 5.39. The highest BCUT2D eigenvalue weighted by atomic mass is 35.5. The number of ether oxygens (including phenoxy) is 2. The van der Waals surface area contributed by atoms with Crippen molar-refractivity contribution in [3.8, 4) is 11.5 Å². The Morgan fingerprint density at radius 3 is 2.33 bits per heavy atom. The van der Waals surface area contributed by atoms with Gasteiger partial charge in [0.25, 0.3) is 5.56 Å². The minimum Gasteiger partial charge on any atom is -0.493 e. The topological polar surface area (TPSA) is 70.7 Å². The van der Waals surface area contributed by atoms with E-state index in [-0.39, 0.29) is 5.56 Å². The summed E-state index contributed by atoms with van der Waals surface area (Å²) in [7, 11) is 3.12. The molecule has 1 aliphatic rings. The lowest BCUT2D eigenvalue weighted by Gasteiger charge is -2.34. The second-order valence-corrected chi connectivity index (χ2v) is 7.86. The summed E-state index contributed by atoms with van der Waals surface area (Å²) in [6, 6.07) is 11.4. The Labute approximate surface area is 180 Å². The molecular weight excluding hydrogens is 404 g/mol. The molecule has 30 heavy (non-hydrogen) atoms. The van der Waals surface area contributed by atoms with Gasteiger partial charge in [-0.05, 0) is 23.8 Å². The van der Waals surface area contributed by atoms with E-state index >= 15 is 0 Å².